The normalized spacial score (nSPS) is 25.1. The van der Waals surface area contributed by atoms with Gasteiger partial charge < -0.3 is 4.74 Å². The zero-order valence-electron chi connectivity index (χ0n) is 8.38. The van der Waals surface area contributed by atoms with Gasteiger partial charge in [-0.25, -0.2) is 0 Å². The molecule has 0 aromatic carbocycles. The number of hydrogen-bond acceptors (Lipinski definition) is 3. The first kappa shape index (κ1) is 13.7. The van der Waals surface area contributed by atoms with Gasteiger partial charge in [-0.2, -0.15) is 0 Å². The summed E-state index contributed by atoms with van der Waals surface area (Å²) in [4.78, 5) is 22.4. The fourth-order valence-electron chi connectivity index (χ4n) is 1.38. The number of methoxy groups -OCH3 is 1. The van der Waals surface area contributed by atoms with Gasteiger partial charge in [0.1, 0.15) is 6.29 Å². The molecule has 1 rings (SSSR count). The number of ether oxygens (including phenoxy) is 1. The SMILES string of the molecule is COC1(C(=O)C(Cl)(Cl)Cl)C=CC(C=O)=CC1. The summed E-state index contributed by atoms with van der Waals surface area (Å²) < 4.78 is 3.06. The number of carbonyl (C=O) groups excluding carboxylic acids is 2. The molecule has 0 bridgehead atoms. The molecule has 6 heteroatoms. The molecule has 1 atom stereocenters. The van der Waals surface area contributed by atoms with Crippen LogP contribution in [-0.4, -0.2) is 28.6 Å². The molecule has 1 unspecified atom stereocenters. The third-order valence-corrected chi connectivity index (χ3v) is 2.84. The van der Waals surface area contributed by atoms with Gasteiger partial charge in [0.25, 0.3) is 3.79 Å². The second kappa shape index (κ2) is 4.88. The minimum absolute atomic E-state index is 0.167. The van der Waals surface area contributed by atoms with Crippen molar-refractivity contribution in [1.29, 1.82) is 0 Å². The fraction of sp³-hybridized carbons (Fsp3) is 0.400. The zero-order valence-corrected chi connectivity index (χ0v) is 10.6. The molecule has 3 nitrogen and oxygen atoms in total. The molecule has 0 aliphatic heterocycles. The van der Waals surface area contributed by atoms with E-state index < -0.39 is 15.2 Å². The Morgan fingerprint density at radius 2 is 2.19 bits per heavy atom. The molecule has 1 aliphatic carbocycles. The Kier molecular flexibility index (Phi) is 4.18. The van der Waals surface area contributed by atoms with Crippen LogP contribution < -0.4 is 0 Å². The summed E-state index contributed by atoms with van der Waals surface area (Å²) in [5.74, 6) is -0.676. The molecule has 0 spiro atoms. The van der Waals surface area contributed by atoms with Crippen molar-refractivity contribution in [3.8, 4) is 0 Å². The Bertz CT molecular complexity index is 368. The topological polar surface area (TPSA) is 43.4 Å². The van der Waals surface area contributed by atoms with Crippen LogP contribution >= 0.6 is 34.8 Å². The van der Waals surface area contributed by atoms with E-state index in [1.54, 1.807) is 6.08 Å². The van der Waals surface area contributed by atoms with Crippen LogP contribution in [0.2, 0.25) is 0 Å². The second-order valence-corrected chi connectivity index (χ2v) is 5.56. The molecular weight excluding hydrogens is 274 g/mol. The highest BCUT2D eigenvalue weighted by Crippen LogP contribution is 2.37. The first-order valence-electron chi connectivity index (χ1n) is 4.37. The third-order valence-electron chi connectivity index (χ3n) is 2.33. The molecule has 0 saturated heterocycles. The average Bonchev–Trinajstić information content (AvgIpc) is 2.27. The summed E-state index contributed by atoms with van der Waals surface area (Å²) in [6.07, 6.45) is 5.30. The molecule has 16 heavy (non-hydrogen) atoms. The highest BCUT2D eigenvalue weighted by atomic mass is 35.6. The number of rotatable bonds is 3. The van der Waals surface area contributed by atoms with E-state index in [-0.39, 0.29) is 6.42 Å². The first-order valence-corrected chi connectivity index (χ1v) is 5.50. The fourth-order valence-corrected chi connectivity index (χ4v) is 1.86. The van der Waals surface area contributed by atoms with Gasteiger partial charge in [-0.15, -0.1) is 0 Å². The zero-order chi connectivity index (χ0) is 12.4. The lowest BCUT2D eigenvalue weighted by molar-refractivity contribution is -0.134. The standard InChI is InChI=1S/C10H9Cl3O3/c1-16-9(8(15)10(11,12)13)4-2-7(6-14)3-5-9/h2-4,6H,5H2,1H3. The van der Waals surface area contributed by atoms with E-state index in [4.69, 9.17) is 39.5 Å². The molecule has 0 aromatic rings. The minimum Gasteiger partial charge on any atom is -0.366 e. The summed E-state index contributed by atoms with van der Waals surface area (Å²) in [5.41, 5.74) is -0.845. The van der Waals surface area contributed by atoms with Gasteiger partial charge in [0, 0.05) is 19.1 Å². The molecule has 0 heterocycles. The summed E-state index contributed by atoms with van der Waals surface area (Å²) >= 11 is 16.6. The molecule has 0 saturated carbocycles. The quantitative estimate of drug-likeness (QED) is 0.590. The van der Waals surface area contributed by atoms with Crippen molar-refractivity contribution in [2.24, 2.45) is 0 Å². The van der Waals surface area contributed by atoms with Crippen LogP contribution in [0.15, 0.2) is 23.8 Å². The third kappa shape index (κ3) is 2.66. The van der Waals surface area contributed by atoms with Crippen molar-refractivity contribution in [1.82, 2.24) is 0 Å². The van der Waals surface area contributed by atoms with E-state index in [2.05, 4.69) is 0 Å². The van der Waals surface area contributed by atoms with E-state index in [1.807, 2.05) is 0 Å². The lowest BCUT2D eigenvalue weighted by Gasteiger charge is -2.31. The van der Waals surface area contributed by atoms with Crippen molar-refractivity contribution in [3.05, 3.63) is 23.8 Å². The van der Waals surface area contributed by atoms with Crippen LogP contribution in [0.3, 0.4) is 0 Å². The van der Waals surface area contributed by atoms with E-state index >= 15 is 0 Å². The van der Waals surface area contributed by atoms with Gasteiger partial charge in [-0.3, -0.25) is 9.59 Å². The molecule has 0 N–H and O–H groups in total. The van der Waals surface area contributed by atoms with E-state index in [0.717, 1.165) is 0 Å². The van der Waals surface area contributed by atoms with Crippen molar-refractivity contribution < 1.29 is 14.3 Å². The van der Waals surface area contributed by atoms with Crippen molar-refractivity contribution in [2.45, 2.75) is 15.8 Å². The summed E-state index contributed by atoms with van der Waals surface area (Å²) in [6.45, 7) is 0. The number of allylic oxidation sites excluding steroid dienone is 2. The summed E-state index contributed by atoms with van der Waals surface area (Å²) in [6, 6.07) is 0. The Balaban J connectivity index is 3.01. The maximum absolute atomic E-state index is 11.9. The number of carbonyl (C=O) groups is 2. The molecular formula is C10H9Cl3O3. The Morgan fingerprint density at radius 3 is 2.50 bits per heavy atom. The van der Waals surface area contributed by atoms with Crippen LogP contribution in [0, 0.1) is 0 Å². The predicted molar refractivity (Wildman–Crippen MR) is 62.9 cm³/mol. The Morgan fingerprint density at radius 1 is 1.56 bits per heavy atom. The molecule has 0 fully saturated rings. The van der Waals surface area contributed by atoms with Crippen LogP contribution in [0.1, 0.15) is 6.42 Å². The lowest BCUT2D eigenvalue weighted by Crippen LogP contribution is -2.46. The average molecular weight is 284 g/mol. The van der Waals surface area contributed by atoms with Crippen LogP contribution in [0.5, 0.6) is 0 Å². The molecule has 88 valence electrons. The predicted octanol–water partition coefficient (Wildman–Crippen LogP) is 2.40. The van der Waals surface area contributed by atoms with E-state index in [9.17, 15) is 9.59 Å². The van der Waals surface area contributed by atoms with Gasteiger partial charge in [0.2, 0.25) is 5.78 Å². The highest BCUT2D eigenvalue weighted by molar-refractivity contribution is 6.76. The van der Waals surface area contributed by atoms with Crippen molar-refractivity contribution >= 4 is 46.9 Å². The first-order chi connectivity index (χ1) is 7.35. The largest absolute Gasteiger partial charge is 0.366 e. The van der Waals surface area contributed by atoms with Crippen molar-refractivity contribution in [3.63, 3.8) is 0 Å². The number of aldehydes is 1. The smallest absolute Gasteiger partial charge is 0.252 e. The summed E-state index contributed by atoms with van der Waals surface area (Å²) in [7, 11) is 1.35. The van der Waals surface area contributed by atoms with E-state index in [1.165, 1.54) is 19.3 Å². The molecule has 1 aliphatic rings. The number of hydrogen-bond donors (Lipinski definition) is 0. The van der Waals surface area contributed by atoms with Gasteiger partial charge in [0.15, 0.2) is 5.60 Å². The molecule has 0 radical (unpaired) electrons. The van der Waals surface area contributed by atoms with Gasteiger partial charge in [0.05, 0.1) is 0 Å². The number of Topliss-reactive ketones (excluding diaryl/α,β-unsaturated/α-hetero) is 1. The van der Waals surface area contributed by atoms with Crippen LogP contribution in [0.25, 0.3) is 0 Å². The van der Waals surface area contributed by atoms with E-state index in [0.29, 0.717) is 11.9 Å². The number of halogens is 3. The van der Waals surface area contributed by atoms with Crippen LogP contribution in [0.4, 0.5) is 0 Å². The number of alkyl halides is 3. The molecule has 0 amide bonds. The van der Waals surface area contributed by atoms with Gasteiger partial charge >= 0.3 is 0 Å². The maximum Gasteiger partial charge on any atom is 0.252 e. The second-order valence-electron chi connectivity index (χ2n) is 3.28. The molecule has 0 aromatic heterocycles. The minimum atomic E-state index is -2.05. The monoisotopic (exact) mass is 282 g/mol. The lowest BCUT2D eigenvalue weighted by atomic mass is 9.88. The van der Waals surface area contributed by atoms with Gasteiger partial charge in [-0.1, -0.05) is 47.0 Å². The summed E-state index contributed by atoms with van der Waals surface area (Å²) in [5, 5.41) is 0. The van der Waals surface area contributed by atoms with Crippen LogP contribution in [-0.2, 0) is 14.3 Å². The van der Waals surface area contributed by atoms with Crippen molar-refractivity contribution in [2.75, 3.05) is 7.11 Å². The maximum atomic E-state index is 11.9. The number of ketones is 1. The highest BCUT2D eigenvalue weighted by Gasteiger charge is 2.47. The Labute approximate surface area is 108 Å². The van der Waals surface area contributed by atoms with Gasteiger partial charge in [-0.05, 0) is 6.08 Å². The Hall–Kier alpha value is -0.350.